The van der Waals surface area contributed by atoms with Crippen LogP contribution in [0, 0.1) is 10.5 Å². The van der Waals surface area contributed by atoms with E-state index in [2.05, 4.69) is 4.37 Å². The molecule has 1 aromatic heterocycles. The third-order valence-corrected chi connectivity index (χ3v) is 4.54. The van der Waals surface area contributed by atoms with Gasteiger partial charge in [-0.25, -0.2) is 4.79 Å². The van der Waals surface area contributed by atoms with Gasteiger partial charge in [-0.1, -0.05) is 0 Å². The fourth-order valence-electron chi connectivity index (χ4n) is 1.79. The van der Waals surface area contributed by atoms with E-state index >= 15 is 0 Å². The predicted octanol–water partition coefficient (Wildman–Crippen LogP) is 2.74. The first-order valence-corrected chi connectivity index (χ1v) is 7.64. The number of hydrogen-bond acceptors (Lipinski definition) is 5. The molecule has 0 aliphatic heterocycles. The fourth-order valence-corrected chi connectivity index (χ4v) is 3.12. The molecule has 2 rings (SSSR count). The summed E-state index contributed by atoms with van der Waals surface area (Å²) in [5, 5.41) is 19.3. The molecule has 1 amide bonds. The van der Waals surface area contributed by atoms with E-state index in [1.807, 2.05) is 22.6 Å². The van der Waals surface area contributed by atoms with Gasteiger partial charge in [-0.15, -0.1) is 0 Å². The molecule has 6 nitrogen and oxygen atoms in total. The number of anilines is 1. The van der Waals surface area contributed by atoms with Crippen LogP contribution in [0.25, 0.3) is 0 Å². The minimum Gasteiger partial charge on any atom is -0.507 e. The molecule has 0 spiro atoms. The van der Waals surface area contributed by atoms with Crippen LogP contribution in [0.15, 0.2) is 18.2 Å². The van der Waals surface area contributed by atoms with Gasteiger partial charge in [0.25, 0.3) is 5.91 Å². The number of phenols is 1. The van der Waals surface area contributed by atoms with Gasteiger partial charge in [0.15, 0.2) is 0 Å². The Morgan fingerprint density at radius 2 is 2.05 bits per heavy atom. The zero-order valence-electron chi connectivity index (χ0n) is 11.1. The molecule has 0 atom stereocenters. The van der Waals surface area contributed by atoms with Crippen molar-refractivity contribution in [3.8, 4) is 5.75 Å². The highest BCUT2D eigenvalue weighted by Gasteiger charge is 2.26. The molecule has 0 aliphatic carbocycles. The van der Waals surface area contributed by atoms with Crippen LogP contribution in [0.2, 0.25) is 0 Å². The molecule has 21 heavy (non-hydrogen) atoms. The number of carbonyl (C=O) groups is 2. The zero-order chi connectivity index (χ0) is 15.7. The number of aromatic hydroxyl groups is 1. The van der Waals surface area contributed by atoms with E-state index in [9.17, 15) is 19.8 Å². The monoisotopic (exact) mass is 418 g/mol. The molecule has 0 aliphatic rings. The lowest BCUT2D eigenvalue weighted by Crippen LogP contribution is -2.27. The number of benzene rings is 1. The first kappa shape index (κ1) is 15.7. The predicted molar refractivity (Wildman–Crippen MR) is 87.4 cm³/mol. The van der Waals surface area contributed by atoms with Crippen LogP contribution in [-0.4, -0.2) is 33.5 Å². The maximum Gasteiger partial charge on any atom is 0.340 e. The molecule has 2 aromatic rings. The smallest absolute Gasteiger partial charge is 0.340 e. The van der Waals surface area contributed by atoms with Crippen molar-refractivity contribution in [1.29, 1.82) is 0 Å². The molecule has 0 fully saturated rings. The summed E-state index contributed by atoms with van der Waals surface area (Å²) in [7, 11) is 1.46. The maximum atomic E-state index is 12.5. The first-order chi connectivity index (χ1) is 9.82. The SMILES string of the molecule is Cc1nsc(N(C)C(=O)c2cc(I)ccc2O)c1C(=O)O. The van der Waals surface area contributed by atoms with Crippen LogP contribution in [0.4, 0.5) is 5.00 Å². The average Bonchev–Trinajstić information content (AvgIpc) is 2.81. The fraction of sp³-hybridized carbons (Fsp3) is 0.154. The van der Waals surface area contributed by atoms with E-state index in [-0.39, 0.29) is 21.9 Å². The number of nitrogens with zero attached hydrogens (tertiary/aromatic N) is 2. The van der Waals surface area contributed by atoms with Crippen LogP contribution in [-0.2, 0) is 0 Å². The van der Waals surface area contributed by atoms with Crippen molar-refractivity contribution in [2.24, 2.45) is 0 Å². The van der Waals surface area contributed by atoms with Gasteiger partial charge in [-0.2, -0.15) is 4.37 Å². The largest absolute Gasteiger partial charge is 0.507 e. The normalized spacial score (nSPS) is 10.4. The number of carboxylic acids is 1. The van der Waals surface area contributed by atoms with Crippen LogP contribution in [0.3, 0.4) is 0 Å². The maximum absolute atomic E-state index is 12.5. The Bertz CT molecular complexity index is 729. The summed E-state index contributed by atoms with van der Waals surface area (Å²) in [6, 6.07) is 4.65. The third kappa shape index (κ3) is 3.00. The summed E-state index contributed by atoms with van der Waals surface area (Å²) in [5.41, 5.74) is 0.474. The highest BCUT2D eigenvalue weighted by molar-refractivity contribution is 14.1. The summed E-state index contributed by atoms with van der Waals surface area (Å²) in [4.78, 5) is 24.9. The summed E-state index contributed by atoms with van der Waals surface area (Å²) >= 11 is 2.97. The zero-order valence-corrected chi connectivity index (χ0v) is 14.1. The number of aromatic nitrogens is 1. The van der Waals surface area contributed by atoms with E-state index in [1.54, 1.807) is 19.1 Å². The number of aromatic carboxylic acids is 1. The molecule has 0 bridgehead atoms. The Hall–Kier alpha value is -1.68. The Morgan fingerprint density at radius 1 is 1.38 bits per heavy atom. The standard InChI is InChI=1S/C13H11IN2O4S/c1-6-10(13(19)20)12(21-15-6)16(2)11(18)8-5-7(14)3-4-9(8)17/h3-5,17H,1-2H3,(H,19,20). The molecule has 2 N–H and O–H groups in total. The number of halogens is 1. The lowest BCUT2D eigenvalue weighted by molar-refractivity contribution is 0.0697. The van der Waals surface area contributed by atoms with Crippen LogP contribution in [0.1, 0.15) is 26.4 Å². The third-order valence-electron chi connectivity index (χ3n) is 2.86. The number of carbonyl (C=O) groups excluding carboxylic acids is 1. The van der Waals surface area contributed by atoms with Gasteiger partial charge in [0.1, 0.15) is 16.3 Å². The Labute approximate surface area is 138 Å². The van der Waals surface area contributed by atoms with Crippen LogP contribution >= 0.6 is 34.1 Å². The van der Waals surface area contributed by atoms with Gasteiger partial charge < -0.3 is 15.1 Å². The number of rotatable bonds is 3. The van der Waals surface area contributed by atoms with Gasteiger partial charge in [0.05, 0.1) is 11.3 Å². The van der Waals surface area contributed by atoms with Crippen molar-refractivity contribution in [3.05, 3.63) is 38.6 Å². The van der Waals surface area contributed by atoms with Crippen molar-refractivity contribution < 1.29 is 19.8 Å². The van der Waals surface area contributed by atoms with E-state index in [1.165, 1.54) is 18.0 Å². The molecular formula is C13H11IN2O4S. The molecule has 1 aromatic carbocycles. The van der Waals surface area contributed by atoms with E-state index in [0.717, 1.165) is 15.1 Å². The number of hydrogen-bond donors (Lipinski definition) is 2. The summed E-state index contributed by atoms with van der Waals surface area (Å²) in [6.45, 7) is 1.57. The minimum absolute atomic E-state index is 0.000896. The highest BCUT2D eigenvalue weighted by atomic mass is 127. The second-order valence-electron chi connectivity index (χ2n) is 4.28. The molecule has 0 saturated heterocycles. The number of phenolic OH excluding ortho intramolecular Hbond substituents is 1. The average molecular weight is 418 g/mol. The Kier molecular flexibility index (Phi) is 4.47. The lowest BCUT2D eigenvalue weighted by Gasteiger charge is -2.16. The number of aryl methyl sites for hydroxylation is 1. The van der Waals surface area contributed by atoms with Crippen LogP contribution < -0.4 is 4.90 Å². The molecule has 1 heterocycles. The topological polar surface area (TPSA) is 90.7 Å². The summed E-state index contributed by atoms with van der Waals surface area (Å²) in [5.74, 6) is -1.77. The van der Waals surface area contributed by atoms with Crippen molar-refractivity contribution in [1.82, 2.24) is 4.37 Å². The van der Waals surface area contributed by atoms with E-state index < -0.39 is 11.9 Å². The van der Waals surface area contributed by atoms with E-state index in [0.29, 0.717) is 5.69 Å². The molecule has 110 valence electrons. The van der Waals surface area contributed by atoms with Gasteiger partial charge >= 0.3 is 5.97 Å². The van der Waals surface area contributed by atoms with Gasteiger partial charge in [0.2, 0.25) is 0 Å². The van der Waals surface area contributed by atoms with Gasteiger partial charge in [-0.3, -0.25) is 4.79 Å². The molecule has 0 saturated carbocycles. The van der Waals surface area contributed by atoms with Crippen molar-refractivity contribution in [2.45, 2.75) is 6.92 Å². The Morgan fingerprint density at radius 3 is 2.67 bits per heavy atom. The number of amides is 1. The molecule has 0 unspecified atom stereocenters. The van der Waals surface area contributed by atoms with E-state index in [4.69, 9.17) is 0 Å². The van der Waals surface area contributed by atoms with Crippen LogP contribution in [0.5, 0.6) is 5.75 Å². The second kappa shape index (κ2) is 5.98. The van der Waals surface area contributed by atoms with Crippen molar-refractivity contribution >= 4 is 51.0 Å². The minimum atomic E-state index is -1.14. The van der Waals surface area contributed by atoms with Gasteiger partial charge in [-0.05, 0) is 59.2 Å². The lowest BCUT2D eigenvalue weighted by atomic mass is 10.1. The van der Waals surface area contributed by atoms with Gasteiger partial charge in [0, 0.05) is 10.6 Å². The second-order valence-corrected chi connectivity index (χ2v) is 6.28. The summed E-state index contributed by atoms with van der Waals surface area (Å²) < 4.78 is 4.77. The molecule has 0 radical (unpaired) electrons. The van der Waals surface area contributed by atoms with Crippen molar-refractivity contribution in [3.63, 3.8) is 0 Å². The first-order valence-electron chi connectivity index (χ1n) is 5.79. The quantitative estimate of drug-likeness (QED) is 0.749. The molecular weight excluding hydrogens is 407 g/mol. The summed E-state index contributed by atoms with van der Waals surface area (Å²) in [6.07, 6.45) is 0. The molecule has 8 heteroatoms. The number of carboxylic acid groups (broad SMARTS) is 1. The highest BCUT2D eigenvalue weighted by Crippen LogP contribution is 2.30. The van der Waals surface area contributed by atoms with Crippen molar-refractivity contribution in [2.75, 3.05) is 11.9 Å². The Balaban J connectivity index is 2.45.